The minimum atomic E-state index is -4.17. The van der Waals surface area contributed by atoms with Gasteiger partial charge in [-0.2, -0.15) is 13.2 Å². The molecule has 2 atom stereocenters. The summed E-state index contributed by atoms with van der Waals surface area (Å²) in [5, 5.41) is 17.6. The molecule has 0 amide bonds. The Bertz CT molecular complexity index is 1510. The Labute approximate surface area is 249 Å². The van der Waals surface area contributed by atoms with E-state index >= 15 is 0 Å². The minimum Gasteiger partial charge on any atom is -0.374 e. The van der Waals surface area contributed by atoms with Crippen LogP contribution in [0, 0.1) is 0 Å². The normalized spacial score (nSPS) is 16.3. The molecule has 4 heterocycles. The number of hydrogen-bond acceptors (Lipinski definition) is 9. The number of alkyl halides is 3. The van der Waals surface area contributed by atoms with E-state index in [-0.39, 0.29) is 12.0 Å². The van der Waals surface area contributed by atoms with Crippen LogP contribution >= 0.6 is 0 Å². The maximum absolute atomic E-state index is 12.7. The van der Waals surface area contributed by atoms with Crippen LogP contribution in [0.1, 0.15) is 43.0 Å². The van der Waals surface area contributed by atoms with Crippen molar-refractivity contribution in [3.05, 3.63) is 72.3 Å². The molecule has 43 heavy (non-hydrogen) atoms. The van der Waals surface area contributed by atoms with Crippen molar-refractivity contribution in [2.45, 2.75) is 44.1 Å². The van der Waals surface area contributed by atoms with Crippen LogP contribution in [-0.4, -0.2) is 82.4 Å². The third kappa shape index (κ3) is 7.38. The second-order valence-electron chi connectivity index (χ2n) is 11.0. The van der Waals surface area contributed by atoms with Gasteiger partial charge in [0.1, 0.15) is 24.2 Å². The first kappa shape index (κ1) is 30.6. The summed E-state index contributed by atoms with van der Waals surface area (Å²) in [7, 11) is 3.65. The first-order valence-electron chi connectivity index (χ1n) is 14.4. The van der Waals surface area contributed by atoms with Gasteiger partial charge in [-0.3, -0.25) is 15.2 Å². The lowest BCUT2D eigenvalue weighted by Crippen LogP contribution is -2.46. The Morgan fingerprint density at radius 3 is 2.53 bits per heavy atom. The highest BCUT2D eigenvalue weighted by molar-refractivity contribution is 5.85. The van der Waals surface area contributed by atoms with Gasteiger partial charge in [0.15, 0.2) is 0 Å². The van der Waals surface area contributed by atoms with E-state index in [9.17, 15) is 18.3 Å². The fraction of sp³-hybridized carbons (Fsp3) is 0.419. The van der Waals surface area contributed by atoms with Gasteiger partial charge in [0.2, 0.25) is 0 Å². The number of nitrogens with zero attached hydrogens (tertiary/aromatic N) is 6. The van der Waals surface area contributed by atoms with Crippen LogP contribution < -0.4 is 15.5 Å². The number of halogens is 3. The predicted octanol–water partition coefficient (Wildman–Crippen LogP) is 4.98. The first-order chi connectivity index (χ1) is 20.6. The molecule has 1 saturated heterocycles. The lowest BCUT2D eigenvalue weighted by Gasteiger charge is -2.37. The van der Waals surface area contributed by atoms with Crippen molar-refractivity contribution in [3.8, 4) is 11.3 Å². The Morgan fingerprint density at radius 2 is 1.84 bits per heavy atom. The third-order valence-electron chi connectivity index (χ3n) is 8.10. The van der Waals surface area contributed by atoms with E-state index in [1.807, 2.05) is 48.3 Å². The SMILES string of the molecule is CNC(O)c1ccnc2c([C@H](C)CNc3cc(-c4ccc(N(C)C5CCN(CC(F)(F)F)CC5)nc4)ncn3)cccc12. The fourth-order valence-electron chi connectivity index (χ4n) is 5.64. The summed E-state index contributed by atoms with van der Waals surface area (Å²) in [6.45, 7) is 2.71. The van der Waals surface area contributed by atoms with Gasteiger partial charge in [0.05, 0.1) is 17.8 Å². The minimum absolute atomic E-state index is 0.105. The zero-order valence-electron chi connectivity index (χ0n) is 24.5. The smallest absolute Gasteiger partial charge is 0.374 e. The van der Waals surface area contributed by atoms with Gasteiger partial charge in [-0.15, -0.1) is 0 Å². The van der Waals surface area contributed by atoms with Gasteiger partial charge >= 0.3 is 6.18 Å². The zero-order valence-corrected chi connectivity index (χ0v) is 24.5. The Balaban J connectivity index is 1.21. The molecule has 0 saturated carbocycles. The van der Waals surface area contributed by atoms with Crippen molar-refractivity contribution in [2.24, 2.45) is 0 Å². The molecule has 1 fully saturated rings. The van der Waals surface area contributed by atoms with Gasteiger partial charge < -0.3 is 15.3 Å². The number of likely N-dealkylation sites (tertiary alicyclic amines) is 1. The van der Waals surface area contributed by atoms with Crippen molar-refractivity contribution < 1.29 is 18.3 Å². The maximum Gasteiger partial charge on any atom is 0.401 e. The summed E-state index contributed by atoms with van der Waals surface area (Å²) < 4.78 is 38.2. The molecule has 0 radical (unpaired) electrons. The second-order valence-corrected chi connectivity index (χ2v) is 11.0. The molecule has 1 unspecified atom stereocenters. The average Bonchev–Trinajstić information content (AvgIpc) is 3.02. The van der Waals surface area contributed by atoms with E-state index in [0.29, 0.717) is 38.3 Å². The van der Waals surface area contributed by atoms with E-state index < -0.39 is 18.9 Å². The second kappa shape index (κ2) is 13.2. The largest absolute Gasteiger partial charge is 0.401 e. The van der Waals surface area contributed by atoms with Gasteiger partial charge in [-0.1, -0.05) is 25.1 Å². The molecule has 12 heteroatoms. The number of pyridine rings is 2. The van der Waals surface area contributed by atoms with Crippen LogP contribution in [0.15, 0.2) is 61.2 Å². The van der Waals surface area contributed by atoms with E-state index in [1.54, 1.807) is 19.4 Å². The standard InChI is InChI=1S/C31H37F3N8O/c1-20(23-5-4-6-24-25(30(43)35-2)9-12-36-29(23)24)16-37-27-15-26(39-19-40-27)21-7-8-28(38-17-21)41(3)22-10-13-42(14-11-22)18-31(32,33)34/h4-9,12,15,17,19-20,22,30,35,43H,10-11,13-14,16,18H2,1-3H3,(H,37,39,40)/t20-,30?/m1/s1. The summed E-state index contributed by atoms with van der Waals surface area (Å²) in [4.78, 5) is 21.6. The van der Waals surface area contributed by atoms with Crippen LogP contribution in [0.4, 0.5) is 24.8 Å². The molecular weight excluding hydrogens is 557 g/mol. The van der Waals surface area contributed by atoms with E-state index in [4.69, 9.17) is 0 Å². The first-order valence-corrected chi connectivity index (χ1v) is 14.4. The molecule has 3 N–H and O–H groups in total. The van der Waals surface area contributed by atoms with Gasteiger partial charge in [0.25, 0.3) is 0 Å². The number of benzene rings is 1. The van der Waals surface area contributed by atoms with E-state index in [0.717, 1.165) is 39.1 Å². The molecule has 1 aliphatic rings. The number of piperidine rings is 1. The zero-order chi connectivity index (χ0) is 30.6. The summed E-state index contributed by atoms with van der Waals surface area (Å²) >= 11 is 0. The van der Waals surface area contributed by atoms with Crippen LogP contribution in [0.2, 0.25) is 0 Å². The number of para-hydroxylation sites is 1. The molecule has 5 rings (SSSR count). The number of hydrogen-bond donors (Lipinski definition) is 3. The number of aliphatic hydroxyl groups excluding tert-OH is 1. The van der Waals surface area contributed by atoms with Gasteiger partial charge in [-0.25, -0.2) is 15.0 Å². The van der Waals surface area contributed by atoms with Crippen LogP contribution in [0.3, 0.4) is 0 Å². The number of rotatable bonds is 10. The Morgan fingerprint density at radius 1 is 1.05 bits per heavy atom. The number of nitrogens with one attached hydrogen (secondary N) is 2. The van der Waals surface area contributed by atoms with Crippen molar-refractivity contribution in [3.63, 3.8) is 0 Å². The lowest BCUT2D eigenvalue weighted by atomic mass is 9.96. The van der Waals surface area contributed by atoms with Crippen molar-refractivity contribution >= 4 is 22.5 Å². The quantitative estimate of drug-likeness (QED) is 0.220. The summed E-state index contributed by atoms with van der Waals surface area (Å²) in [6, 6.07) is 13.7. The molecule has 0 bridgehead atoms. The van der Waals surface area contributed by atoms with Crippen LogP contribution in [0.5, 0.6) is 0 Å². The number of aliphatic hydroxyl groups is 1. The molecule has 228 valence electrons. The maximum atomic E-state index is 12.7. The molecule has 9 nitrogen and oxygen atoms in total. The molecule has 0 aliphatic carbocycles. The highest BCUT2D eigenvalue weighted by Crippen LogP contribution is 2.29. The highest BCUT2D eigenvalue weighted by atomic mass is 19.4. The Hall–Kier alpha value is -3.87. The van der Waals surface area contributed by atoms with Gasteiger partial charge in [-0.05, 0) is 43.7 Å². The molecule has 0 spiro atoms. The summed E-state index contributed by atoms with van der Waals surface area (Å²) in [6.07, 6.45) is 1.37. The number of fused-ring (bicyclic) bond motifs is 1. The fourth-order valence-corrected chi connectivity index (χ4v) is 5.64. The van der Waals surface area contributed by atoms with Crippen LogP contribution in [-0.2, 0) is 0 Å². The number of aromatic nitrogens is 4. The summed E-state index contributed by atoms with van der Waals surface area (Å²) in [5.74, 6) is 1.56. The summed E-state index contributed by atoms with van der Waals surface area (Å²) in [5.41, 5.74) is 4.27. The van der Waals surface area contributed by atoms with E-state index in [1.165, 1.54) is 11.2 Å². The average molecular weight is 595 g/mol. The molecule has 1 aliphatic heterocycles. The molecule has 3 aromatic heterocycles. The van der Waals surface area contributed by atoms with Crippen molar-refractivity contribution in [2.75, 3.05) is 50.5 Å². The topological polar surface area (TPSA) is 102 Å². The lowest BCUT2D eigenvalue weighted by molar-refractivity contribution is -0.147. The van der Waals surface area contributed by atoms with E-state index in [2.05, 4.69) is 43.6 Å². The predicted molar refractivity (Wildman–Crippen MR) is 162 cm³/mol. The highest BCUT2D eigenvalue weighted by Gasteiger charge is 2.33. The third-order valence-corrected chi connectivity index (χ3v) is 8.10. The van der Waals surface area contributed by atoms with Gasteiger partial charge in [0, 0.05) is 73.6 Å². The molecular formula is C31H37F3N8O. The monoisotopic (exact) mass is 594 g/mol. The van der Waals surface area contributed by atoms with Crippen molar-refractivity contribution in [1.29, 1.82) is 0 Å². The Kier molecular flexibility index (Phi) is 9.38. The molecule has 1 aromatic carbocycles. The molecule has 4 aromatic rings. The van der Waals surface area contributed by atoms with Crippen molar-refractivity contribution in [1.82, 2.24) is 30.2 Å². The number of anilines is 2. The van der Waals surface area contributed by atoms with Crippen LogP contribution in [0.25, 0.3) is 22.2 Å².